The van der Waals surface area contributed by atoms with Crippen molar-refractivity contribution in [3.8, 4) is 0 Å². The van der Waals surface area contributed by atoms with Crippen molar-refractivity contribution >= 4 is 11.6 Å². The Hall–Kier alpha value is -1.51. The first kappa shape index (κ1) is 15.9. The predicted molar refractivity (Wildman–Crippen MR) is 88.8 cm³/mol. The number of anilines is 1. The lowest BCUT2D eigenvalue weighted by molar-refractivity contribution is 0.0956. The molecule has 0 aliphatic heterocycles. The van der Waals surface area contributed by atoms with Crippen LogP contribution in [0.15, 0.2) is 18.2 Å². The van der Waals surface area contributed by atoms with Gasteiger partial charge in [0, 0.05) is 23.8 Å². The molecule has 2 rings (SSSR count). The molecule has 3 nitrogen and oxygen atoms in total. The summed E-state index contributed by atoms with van der Waals surface area (Å²) in [5.41, 5.74) is 3.45. The van der Waals surface area contributed by atoms with Crippen molar-refractivity contribution in [3.05, 3.63) is 29.3 Å². The van der Waals surface area contributed by atoms with Gasteiger partial charge < -0.3 is 10.6 Å². The third-order valence-corrected chi connectivity index (χ3v) is 4.40. The van der Waals surface area contributed by atoms with Crippen molar-refractivity contribution in [3.63, 3.8) is 0 Å². The topological polar surface area (TPSA) is 41.1 Å². The predicted octanol–water partition coefficient (Wildman–Crippen LogP) is 4.13. The minimum Gasteiger partial charge on any atom is -0.382 e. The van der Waals surface area contributed by atoms with E-state index >= 15 is 0 Å². The normalized spacial score (nSPS) is 20.9. The molecule has 1 aromatic carbocycles. The maximum absolute atomic E-state index is 12.0. The Morgan fingerprint density at radius 2 is 2.14 bits per heavy atom. The molecule has 1 aliphatic carbocycles. The smallest absolute Gasteiger partial charge is 0.251 e. The Morgan fingerprint density at radius 3 is 2.81 bits per heavy atom. The quantitative estimate of drug-likeness (QED) is 0.875. The number of hydrogen-bond donors (Lipinski definition) is 2. The number of rotatable bonds is 4. The largest absolute Gasteiger partial charge is 0.382 e. The molecule has 0 aromatic heterocycles. The lowest BCUT2D eigenvalue weighted by Crippen LogP contribution is -2.32. The second kappa shape index (κ2) is 6.50. The van der Waals surface area contributed by atoms with Crippen LogP contribution in [0.3, 0.4) is 0 Å². The van der Waals surface area contributed by atoms with Gasteiger partial charge >= 0.3 is 0 Å². The summed E-state index contributed by atoms with van der Waals surface area (Å²) in [6.07, 6.45) is 4.99. The molecule has 1 aromatic rings. The summed E-state index contributed by atoms with van der Waals surface area (Å²) in [7, 11) is 0. The van der Waals surface area contributed by atoms with Gasteiger partial charge in [-0.2, -0.15) is 0 Å². The zero-order chi connectivity index (χ0) is 15.5. The van der Waals surface area contributed by atoms with Crippen LogP contribution in [0.4, 0.5) is 5.69 Å². The first-order valence-electron chi connectivity index (χ1n) is 8.07. The Balaban J connectivity index is 2.12. The van der Waals surface area contributed by atoms with Gasteiger partial charge in [0.05, 0.1) is 0 Å². The average Bonchev–Trinajstić information content (AvgIpc) is 2.40. The molecule has 0 spiro atoms. The van der Waals surface area contributed by atoms with Gasteiger partial charge in [0.25, 0.3) is 5.91 Å². The summed E-state index contributed by atoms with van der Waals surface area (Å²) in [4.78, 5) is 12.0. The van der Waals surface area contributed by atoms with Crippen LogP contribution in [0.1, 0.15) is 62.4 Å². The fraction of sp³-hybridized carbons (Fsp3) is 0.611. The van der Waals surface area contributed by atoms with Gasteiger partial charge in [0.15, 0.2) is 0 Å². The maximum Gasteiger partial charge on any atom is 0.251 e. The Kier molecular flexibility index (Phi) is 4.92. The molecule has 21 heavy (non-hydrogen) atoms. The average molecular weight is 288 g/mol. The summed E-state index contributed by atoms with van der Waals surface area (Å²) in [5, 5.41) is 6.52. The number of aryl methyl sites for hydroxylation is 1. The van der Waals surface area contributed by atoms with Crippen molar-refractivity contribution in [2.75, 3.05) is 11.9 Å². The van der Waals surface area contributed by atoms with E-state index in [0.717, 1.165) is 11.3 Å². The van der Waals surface area contributed by atoms with E-state index in [1.54, 1.807) is 0 Å². The molecule has 0 saturated heterocycles. The lowest BCUT2D eigenvalue weighted by Gasteiger charge is -2.36. The summed E-state index contributed by atoms with van der Waals surface area (Å²) in [5.74, 6) is 0.00419. The Morgan fingerprint density at radius 1 is 1.38 bits per heavy atom. The van der Waals surface area contributed by atoms with E-state index in [2.05, 4.69) is 31.4 Å². The molecule has 0 heterocycles. The molecule has 3 heteroatoms. The van der Waals surface area contributed by atoms with Gasteiger partial charge in [-0.1, -0.05) is 26.3 Å². The van der Waals surface area contributed by atoms with Crippen molar-refractivity contribution in [2.24, 2.45) is 5.41 Å². The highest BCUT2D eigenvalue weighted by Gasteiger charge is 2.28. The second-order valence-electron chi connectivity index (χ2n) is 6.99. The van der Waals surface area contributed by atoms with Gasteiger partial charge in [-0.15, -0.1) is 0 Å². The zero-order valence-electron chi connectivity index (χ0n) is 13.8. The molecular weight excluding hydrogens is 260 g/mol. The summed E-state index contributed by atoms with van der Waals surface area (Å²) in [6.45, 7) is 9.39. The molecule has 1 unspecified atom stereocenters. The van der Waals surface area contributed by atoms with E-state index < -0.39 is 0 Å². The molecule has 1 aliphatic rings. The standard InChI is InChI=1S/C18H28N2O/c1-5-19-17(21)14-9-8-13(2)16(11-14)20-15-7-6-10-18(3,4)12-15/h8-9,11,15,20H,5-7,10,12H2,1-4H3,(H,19,21). The van der Waals surface area contributed by atoms with Crippen LogP contribution >= 0.6 is 0 Å². The lowest BCUT2D eigenvalue weighted by atomic mass is 9.75. The molecule has 0 bridgehead atoms. The van der Waals surface area contributed by atoms with E-state index in [1.165, 1.54) is 31.2 Å². The number of carbonyl (C=O) groups excluding carboxylic acids is 1. The van der Waals surface area contributed by atoms with Crippen LogP contribution in [0.2, 0.25) is 0 Å². The van der Waals surface area contributed by atoms with Gasteiger partial charge in [0.2, 0.25) is 0 Å². The van der Waals surface area contributed by atoms with E-state index in [4.69, 9.17) is 0 Å². The van der Waals surface area contributed by atoms with Crippen LogP contribution in [-0.2, 0) is 0 Å². The Bertz CT molecular complexity index is 508. The molecule has 1 fully saturated rings. The SMILES string of the molecule is CCNC(=O)c1ccc(C)c(NC2CCCC(C)(C)C2)c1. The summed E-state index contributed by atoms with van der Waals surface area (Å²) < 4.78 is 0. The van der Waals surface area contributed by atoms with E-state index in [0.29, 0.717) is 18.0 Å². The van der Waals surface area contributed by atoms with E-state index in [-0.39, 0.29) is 5.91 Å². The minimum absolute atomic E-state index is 0.00419. The molecule has 0 radical (unpaired) electrons. The molecule has 116 valence electrons. The first-order chi connectivity index (χ1) is 9.91. The highest BCUT2D eigenvalue weighted by atomic mass is 16.1. The maximum atomic E-state index is 12.0. The fourth-order valence-corrected chi connectivity index (χ4v) is 3.22. The van der Waals surface area contributed by atoms with E-state index in [1.807, 2.05) is 25.1 Å². The molecule has 1 saturated carbocycles. The molecule has 1 atom stereocenters. The van der Waals surface area contributed by atoms with Crippen LogP contribution in [0.5, 0.6) is 0 Å². The fourth-order valence-electron chi connectivity index (χ4n) is 3.22. The van der Waals surface area contributed by atoms with Crippen LogP contribution in [0.25, 0.3) is 0 Å². The summed E-state index contributed by atoms with van der Waals surface area (Å²) >= 11 is 0. The van der Waals surface area contributed by atoms with Crippen molar-refractivity contribution in [1.82, 2.24) is 5.32 Å². The van der Waals surface area contributed by atoms with Gasteiger partial charge in [-0.25, -0.2) is 0 Å². The monoisotopic (exact) mass is 288 g/mol. The number of amides is 1. The van der Waals surface area contributed by atoms with Crippen LogP contribution in [0, 0.1) is 12.3 Å². The van der Waals surface area contributed by atoms with Gasteiger partial charge in [0.1, 0.15) is 0 Å². The number of hydrogen-bond acceptors (Lipinski definition) is 2. The third kappa shape index (κ3) is 4.23. The highest BCUT2D eigenvalue weighted by Crippen LogP contribution is 2.36. The molecule has 1 amide bonds. The van der Waals surface area contributed by atoms with Crippen molar-refractivity contribution in [1.29, 1.82) is 0 Å². The third-order valence-electron chi connectivity index (χ3n) is 4.40. The highest BCUT2D eigenvalue weighted by molar-refractivity contribution is 5.95. The first-order valence-corrected chi connectivity index (χ1v) is 8.07. The van der Waals surface area contributed by atoms with Crippen molar-refractivity contribution in [2.45, 2.75) is 59.4 Å². The molecular formula is C18H28N2O. The molecule has 2 N–H and O–H groups in total. The minimum atomic E-state index is 0.00419. The van der Waals surface area contributed by atoms with Gasteiger partial charge in [-0.05, 0) is 56.2 Å². The number of benzene rings is 1. The zero-order valence-corrected chi connectivity index (χ0v) is 13.8. The Labute approximate surface area is 128 Å². The van der Waals surface area contributed by atoms with Gasteiger partial charge in [-0.3, -0.25) is 4.79 Å². The summed E-state index contributed by atoms with van der Waals surface area (Å²) in [6, 6.07) is 6.43. The van der Waals surface area contributed by atoms with Crippen LogP contribution < -0.4 is 10.6 Å². The van der Waals surface area contributed by atoms with Crippen LogP contribution in [-0.4, -0.2) is 18.5 Å². The second-order valence-corrected chi connectivity index (χ2v) is 6.99. The number of nitrogens with one attached hydrogen (secondary N) is 2. The van der Waals surface area contributed by atoms with Crippen molar-refractivity contribution < 1.29 is 4.79 Å². The number of carbonyl (C=O) groups is 1. The van der Waals surface area contributed by atoms with E-state index in [9.17, 15) is 4.79 Å².